The lowest BCUT2D eigenvalue weighted by atomic mass is 10.2. The first-order chi connectivity index (χ1) is 11.8. The van der Waals surface area contributed by atoms with Crippen molar-refractivity contribution in [1.29, 1.82) is 0 Å². The molecule has 0 saturated heterocycles. The highest BCUT2D eigenvalue weighted by molar-refractivity contribution is 5.79. The number of anilines is 1. The van der Waals surface area contributed by atoms with Gasteiger partial charge in [-0.1, -0.05) is 48.5 Å². The summed E-state index contributed by atoms with van der Waals surface area (Å²) in [5.41, 5.74) is 2.54. The van der Waals surface area contributed by atoms with Crippen LogP contribution in [-0.4, -0.2) is 32.6 Å². The fraction of sp³-hybridized carbons (Fsp3) is 0.350. The Balaban J connectivity index is 1.70. The molecule has 2 N–H and O–H groups in total. The lowest BCUT2D eigenvalue weighted by molar-refractivity contribution is 0.708. The number of para-hydroxylation sites is 1. The summed E-state index contributed by atoms with van der Waals surface area (Å²) in [6.07, 6.45) is 1.06. The van der Waals surface area contributed by atoms with E-state index < -0.39 is 0 Å². The van der Waals surface area contributed by atoms with Crippen molar-refractivity contribution in [2.45, 2.75) is 19.9 Å². The molecule has 0 amide bonds. The zero-order valence-corrected chi connectivity index (χ0v) is 14.7. The van der Waals surface area contributed by atoms with Crippen LogP contribution in [0.2, 0.25) is 0 Å². The van der Waals surface area contributed by atoms with Crippen molar-refractivity contribution in [1.82, 2.24) is 10.6 Å². The summed E-state index contributed by atoms with van der Waals surface area (Å²) in [6.45, 7) is 5.93. The molecule has 0 spiro atoms. The van der Waals surface area contributed by atoms with Gasteiger partial charge in [-0.25, -0.2) is 0 Å². The highest BCUT2D eigenvalue weighted by atomic mass is 15.2. The van der Waals surface area contributed by atoms with Gasteiger partial charge in [0.05, 0.1) is 0 Å². The predicted octanol–water partition coefficient (Wildman–Crippen LogP) is 3.27. The van der Waals surface area contributed by atoms with Crippen LogP contribution in [0.4, 0.5) is 5.69 Å². The molecule has 2 aromatic carbocycles. The standard InChI is InChI=1S/C20H28N4/c1-3-24(19-13-8-5-9-14-19)16-10-15-22-20(21-2)23-17-18-11-6-4-7-12-18/h4-9,11-14H,3,10,15-17H2,1-2H3,(H2,21,22,23). The Bertz CT molecular complexity index is 596. The molecular formula is C20H28N4. The van der Waals surface area contributed by atoms with Crippen molar-refractivity contribution in [3.05, 3.63) is 66.2 Å². The second kappa shape index (κ2) is 10.3. The van der Waals surface area contributed by atoms with E-state index in [0.29, 0.717) is 0 Å². The van der Waals surface area contributed by atoms with E-state index in [1.807, 2.05) is 13.1 Å². The maximum absolute atomic E-state index is 4.28. The zero-order valence-electron chi connectivity index (χ0n) is 14.7. The largest absolute Gasteiger partial charge is 0.372 e. The van der Waals surface area contributed by atoms with Gasteiger partial charge in [0.25, 0.3) is 0 Å². The molecule has 0 fully saturated rings. The van der Waals surface area contributed by atoms with Gasteiger partial charge in [-0.2, -0.15) is 0 Å². The smallest absolute Gasteiger partial charge is 0.191 e. The van der Waals surface area contributed by atoms with Gasteiger partial charge in [0.1, 0.15) is 0 Å². The molecule has 0 atom stereocenters. The first-order valence-electron chi connectivity index (χ1n) is 8.62. The quantitative estimate of drug-likeness (QED) is 0.445. The molecule has 0 unspecified atom stereocenters. The molecule has 0 saturated carbocycles. The summed E-state index contributed by atoms with van der Waals surface area (Å²) in [5, 5.41) is 6.73. The summed E-state index contributed by atoms with van der Waals surface area (Å²) in [7, 11) is 1.81. The lowest BCUT2D eigenvalue weighted by Gasteiger charge is -2.23. The molecule has 0 heterocycles. The third-order valence-electron chi connectivity index (χ3n) is 3.93. The van der Waals surface area contributed by atoms with Crippen molar-refractivity contribution in [2.24, 2.45) is 4.99 Å². The lowest BCUT2D eigenvalue weighted by Crippen LogP contribution is -2.38. The molecular weight excluding hydrogens is 296 g/mol. The first-order valence-corrected chi connectivity index (χ1v) is 8.62. The molecule has 0 aliphatic heterocycles. The maximum Gasteiger partial charge on any atom is 0.191 e. The second-order valence-corrected chi connectivity index (χ2v) is 5.61. The molecule has 0 aliphatic carbocycles. The summed E-state index contributed by atoms with van der Waals surface area (Å²) in [6, 6.07) is 20.9. The number of rotatable bonds is 8. The van der Waals surface area contributed by atoms with Crippen LogP contribution in [0, 0.1) is 0 Å². The summed E-state index contributed by atoms with van der Waals surface area (Å²) < 4.78 is 0. The number of guanidine groups is 1. The van der Waals surface area contributed by atoms with Gasteiger partial charge in [-0.05, 0) is 31.0 Å². The molecule has 4 nitrogen and oxygen atoms in total. The van der Waals surface area contributed by atoms with Crippen molar-refractivity contribution >= 4 is 11.6 Å². The first kappa shape index (κ1) is 17.9. The van der Waals surface area contributed by atoms with E-state index in [1.54, 1.807) is 0 Å². The van der Waals surface area contributed by atoms with E-state index in [0.717, 1.165) is 38.6 Å². The van der Waals surface area contributed by atoms with Crippen LogP contribution in [0.25, 0.3) is 0 Å². The van der Waals surface area contributed by atoms with Crippen LogP contribution in [-0.2, 0) is 6.54 Å². The number of aliphatic imine (C=N–C) groups is 1. The Morgan fingerprint density at radius 2 is 1.62 bits per heavy atom. The molecule has 24 heavy (non-hydrogen) atoms. The van der Waals surface area contributed by atoms with Crippen molar-refractivity contribution < 1.29 is 0 Å². The minimum absolute atomic E-state index is 0.783. The molecule has 0 aliphatic rings. The average molecular weight is 324 g/mol. The van der Waals surface area contributed by atoms with Gasteiger partial charge >= 0.3 is 0 Å². The van der Waals surface area contributed by atoms with E-state index in [-0.39, 0.29) is 0 Å². The van der Waals surface area contributed by atoms with E-state index in [1.165, 1.54) is 11.3 Å². The van der Waals surface area contributed by atoms with Crippen LogP contribution >= 0.6 is 0 Å². The Morgan fingerprint density at radius 3 is 2.25 bits per heavy atom. The van der Waals surface area contributed by atoms with E-state index in [9.17, 15) is 0 Å². The molecule has 2 aromatic rings. The van der Waals surface area contributed by atoms with Crippen molar-refractivity contribution in [3.63, 3.8) is 0 Å². The highest BCUT2D eigenvalue weighted by Gasteiger charge is 2.03. The number of nitrogens with one attached hydrogen (secondary N) is 2. The van der Waals surface area contributed by atoms with E-state index >= 15 is 0 Å². The molecule has 0 aromatic heterocycles. The van der Waals surface area contributed by atoms with Crippen LogP contribution < -0.4 is 15.5 Å². The summed E-state index contributed by atoms with van der Waals surface area (Å²) >= 11 is 0. The van der Waals surface area contributed by atoms with Crippen molar-refractivity contribution in [3.8, 4) is 0 Å². The van der Waals surface area contributed by atoms with Gasteiger partial charge in [-0.15, -0.1) is 0 Å². The topological polar surface area (TPSA) is 39.7 Å². The molecule has 2 rings (SSSR count). The Kier molecular flexibility index (Phi) is 7.68. The predicted molar refractivity (Wildman–Crippen MR) is 104 cm³/mol. The third kappa shape index (κ3) is 5.95. The second-order valence-electron chi connectivity index (χ2n) is 5.61. The van der Waals surface area contributed by atoms with Crippen molar-refractivity contribution in [2.75, 3.05) is 31.6 Å². The number of benzene rings is 2. The Morgan fingerprint density at radius 1 is 0.958 bits per heavy atom. The summed E-state index contributed by atoms with van der Waals surface area (Å²) in [4.78, 5) is 6.67. The van der Waals surface area contributed by atoms with Crippen LogP contribution in [0.5, 0.6) is 0 Å². The fourth-order valence-electron chi connectivity index (χ4n) is 2.59. The third-order valence-corrected chi connectivity index (χ3v) is 3.93. The highest BCUT2D eigenvalue weighted by Crippen LogP contribution is 2.12. The van der Waals surface area contributed by atoms with E-state index in [4.69, 9.17) is 0 Å². The van der Waals surface area contributed by atoms with Gasteiger partial charge in [0.2, 0.25) is 0 Å². The van der Waals surface area contributed by atoms with Gasteiger partial charge in [0, 0.05) is 38.9 Å². The molecule has 4 heteroatoms. The number of hydrogen-bond donors (Lipinski definition) is 2. The molecule has 0 bridgehead atoms. The zero-order chi connectivity index (χ0) is 17.0. The van der Waals surface area contributed by atoms with Crippen LogP contribution in [0.15, 0.2) is 65.7 Å². The van der Waals surface area contributed by atoms with Gasteiger partial charge < -0.3 is 15.5 Å². The summed E-state index contributed by atoms with van der Waals surface area (Å²) in [5.74, 6) is 0.849. The van der Waals surface area contributed by atoms with Gasteiger partial charge in [-0.3, -0.25) is 4.99 Å². The number of hydrogen-bond acceptors (Lipinski definition) is 2. The SMILES string of the molecule is CCN(CCCNC(=NC)NCc1ccccc1)c1ccccc1. The Labute approximate surface area is 145 Å². The minimum atomic E-state index is 0.783. The normalized spacial score (nSPS) is 11.2. The Hall–Kier alpha value is -2.49. The monoisotopic (exact) mass is 324 g/mol. The fourth-order valence-corrected chi connectivity index (χ4v) is 2.59. The molecule has 128 valence electrons. The minimum Gasteiger partial charge on any atom is -0.372 e. The average Bonchev–Trinajstić information content (AvgIpc) is 2.65. The molecule has 0 radical (unpaired) electrons. The van der Waals surface area contributed by atoms with Gasteiger partial charge in [0.15, 0.2) is 5.96 Å². The van der Waals surface area contributed by atoms with E-state index in [2.05, 4.69) is 82.0 Å². The maximum atomic E-state index is 4.28. The van der Waals surface area contributed by atoms with Crippen LogP contribution in [0.3, 0.4) is 0 Å². The number of nitrogens with zero attached hydrogens (tertiary/aromatic N) is 2. The van der Waals surface area contributed by atoms with Crippen LogP contribution in [0.1, 0.15) is 18.9 Å².